The summed E-state index contributed by atoms with van der Waals surface area (Å²) in [5.74, 6) is 1.41. The summed E-state index contributed by atoms with van der Waals surface area (Å²) in [5.41, 5.74) is 2.78. The van der Waals surface area contributed by atoms with Gasteiger partial charge in [-0.3, -0.25) is 4.68 Å². The van der Waals surface area contributed by atoms with E-state index in [1.54, 1.807) is 0 Å². The van der Waals surface area contributed by atoms with Crippen molar-refractivity contribution in [3.8, 4) is 11.5 Å². The standard InChI is InChI=1S/C15H17BrN2O3/c1-3-18-12(15(16)9(2)17-18)7-20-10-4-5-11-13(19)8-21-14(11)6-10/h4-6,13,19H,3,7-8H2,1-2H3. The van der Waals surface area contributed by atoms with Crippen molar-refractivity contribution in [2.24, 2.45) is 0 Å². The van der Waals surface area contributed by atoms with Gasteiger partial charge in [0.15, 0.2) is 0 Å². The van der Waals surface area contributed by atoms with Crippen LogP contribution in [0.5, 0.6) is 11.5 Å². The highest BCUT2D eigenvalue weighted by molar-refractivity contribution is 9.10. The highest BCUT2D eigenvalue weighted by Crippen LogP contribution is 2.35. The summed E-state index contributed by atoms with van der Waals surface area (Å²) in [5, 5.41) is 14.1. The Morgan fingerprint density at radius 3 is 3.10 bits per heavy atom. The molecule has 2 heterocycles. The molecule has 21 heavy (non-hydrogen) atoms. The van der Waals surface area contributed by atoms with E-state index in [-0.39, 0.29) is 0 Å². The Morgan fingerprint density at radius 2 is 2.33 bits per heavy atom. The van der Waals surface area contributed by atoms with E-state index in [2.05, 4.69) is 21.0 Å². The number of nitrogens with zero attached hydrogens (tertiary/aromatic N) is 2. The minimum absolute atomic E-state index is 0.312. The molecule has 0 spiro atoms. The number of aliphatic hydroxyl groups is 1. The maximum atomic E-state index is 9.70. The van der Waals surface area contributed by atoms with Crippen LogP contribution in [0, 0.1) is 6.92 Å². The maximum Gasteiger partial charge on any atom is 0.131 e. The molecule has 3 rings (SSSR count). The molecule has 112 valence electrons. The van der Waals surface area contributed by atoms with Gasteiger partial charge in [0.1, 0.15) is 30.8 Å². The molecule has 0 fully saturated rings. The summed E-state index contributed by atoms with van der Waals surface area (Å²) in [6, 6.07) is 5.52. The molecule has 6 heteroatoms. The number of fused-ring (bicyclic) bond motifs is 1. The molecule has 1 atom stereocenters. The molecule has 5 nitrogen and oxygen atoms in total. The first-order chi connectivity index (χ1) is 10.1. The third-order valence-corrected chi connectivity index (χ3v) is 4.60. The Hall–Kier alpha value is -1.53. The Labute approximate surface area is 131 Å². The Balaban J connectivity index is 1.77. The van der Waals surface area contributed by atoms with E-state index >= 15 is 0 Å². The first-order valence-corrected chi connectivity index (χ1v) is 7.68. The minimum atomic E-state index is -0.535. The fourth-order valence-corrected chi connectivity index (χ4v) is 2.82. The quantitative estimate of drug-likeness (QED) is 0.918. The lowest BCUT2D eigenvalue weighted by Gasteiger charge is -2.09. The highest BCUT2D eigenvalue weighted by atomic mass is 79.9. The Bertz CT molecular complexity index is 669. The molecule has 0 saturated carbocycles. The van der Waals surface area contributed by atoms with Crippen LogP contribution in [0.25, 0.3) is 0 Å². The molecule has 0 aliphatic carbocycles. The van der Waals surface area contributed by atoms with Crippen molar-refractivity contribution in [2.45, 2.75) is 33.1 Å². The summed E-state index contributed by atoms with van der Waals surface area (Å²) < 4.78 is 14.2. The van der Waals surface area contributed by atoms with E-state index in [0.29, 0.717) is 19.0 Å². The van der Waals surface area contributed by atoms with Crippen LogP contribution < -0.4 is 9.47 Å². The third kappa shape index (κ3) is 2.65. The van der Waals surface area contributed by atoms with Crippen molar-refractivity contribution in [1.82, 2.24) is 9.78 Å². The first kappa shape index (κ1) is 14.4. The average Bonchev–Trinajstić information content (AvgIpc) is 2.98. The molecule has 0 saturated heterocycles. The topological polar surface area (TPSA) is 56.5 Å². The van der Waals surface area contributed by atoms with Gasteiger partial charge in [0.2, 0.25) is 0 Å². The SMILES string of the molecule is CCn1nc(C)c(Br)c1COc1ccc2c(c1)OCC2O. The second kappa shape index (κ2) is 5.69. The van der Waals surface area contributed by atoms with Crippen LogP contribution in [0.4, 0.5) is 0 Å². The molecule has 1 aromatic heterocycles. The summed E-state index contributed by atoms with van der Waals surface area (Å²) in [7, 11) is 0. The van der Waals surface area contributed by atoms with Crippen molar-refractivity contribution in [1.29, 1.82) is 0 Å². The molecule has 1 aliphatic rings. The lowest BCUT2D eigenvalue weighted by Crippen LogP contribution is -2.06. The van der Waals surface area contributed by atoms with Crippen molar-refractivity contribution >= 4 is 15.9 Å². The van der Waals surface area contributed by atoms with Crippen LogP contribution in [0.1, 0.15) is 30.0 Å². The number of aromatic nitrogens is 2. The molecule has 0 amide bonds. The predicted molar refractivity (Wildman–Crippen MR) is 81.6 cm³/mol. The molecule has 2 aromatic rings. The lowest BCUT2D eigenvalue weighted by molar-refractivity contribution is 0.140. The van der Waals surface area contributed by atoms with E-state index in [1.165, 1.54) is 0 Å². The monoisotopic (exact) mass is 352 g/mol. The number of ether oxygens (including phenoxy) is 2. The van der Waals surface area contributed by atoms with Crippen LogP contribution in [0.15, 0.2) is 22.7 Å². The van der Waals surface area contributed by atoms with Gasteiger partial charge in [-0.25, -0.2) is 0 Å². The van der Waals surface area contributed by atoms with Crippen molar-refractivity contribution in [3.63, 3.8) is 0 Å². The van der Waals surface area contributed by atoms with Gasteiger partial charge in [-0.15, -0.1) is 0 Å². The predicted octanol–water partition coefficient (Wildman–Crippen LogP) is 2.98. The van der Waals surface area contributed by atoms with Gasteiger partial charge in [-0.1, -0.05) is 0 Å². The normalized spacial score (nSPS) is 16.7. The second-order valence-electron chi connectivity index (χ2n) is 4.98. The first-order valence-electron chi connectivity index (χ1n) is 6.89. The van der Waals surface area contributed by atoms with Crippen molar-refractivity contribution in [2.75, 3.05) is 6.61 Å². The highest BCUT2D eigenvalue weighted by Gasteiger charge is 2.22. The van der Waals surface area contributed by atoms with Crippen molar-refractivity contribution < 1.29 is 14.6 Å². The van der Waals surface area contributed by atoms with Crippen LogP contribution >= 0.6 is 15.9 Å². The lowest BCUT2D eigenvalue weighted by atomic mass is 10.1. The average molecular weight is 353 g/mol. The zero-order valence-corrected chi connectivity index (χ0v) is 13.6. The van der Waals surface area contributed by atoms with E-state index in [4.69, 9.17) is 9.47 Å². The third-order valence-electron chi connectivity index (χ3n) is 3.57. The van der Waals surface area contributed by atoms with E-state index < -0.39 is 6.10 Å². The van der Waals surface area contributed by atoms with E-state index in [9.17, 15) is 5.11 Å². The van der Waals surface area contributed by atoms with Gasteiger partial charge in [-0.05, 0) is 41.9 Å². The molecular weight excluding hydrogens is 336 g/mol. The Morgan fingerprint density at radius 1 is 1.52 bits per heavy atom. The molecule has 1 aromatic carbocycles. The van der Waals surface area contributed by atoms with Gasteiger partial charge in [-0.2, -0.15) is 5.10 Å². The summed E-state index contributed by atoms with van der Waals surface area (Å²) in [6.45, 7) is 5.55. The smallest absolute Gasteiger partial charge is 0.131 e. The fourth-order valence-electron chi connectivity index (χ4n) is 2.42. The van der Waals surface area contributed by atoms with Crippen LogP contribution in [0.3, 0.4) is 0 Å². The number of benzene rings is 1. The minimum Gasteiger partial charge on any atom is -0.490 e. The molecule has 1 unspecified atom stereocenters. The zero-order valence-electron chi connectivity index (χ0n) is 12.0. The summed E-state index contributed by atoms with van der Waals surface area (Å²) in [4.78, 5) is 0. The summed E-state index contributed by atoms with van der Waals surface area (Å²) >= 11 is 3.55. The van der Waals surface area contributed by atoms with Crippen LogP contribution in [0.2, 0.25) is 0 Å². The number of rotatable bonds is 4. The van der Waals surface area contributed by atoms with E-state index in [1.807, 2.05) is 36.7 Å². The van der Waals surface area contributed by atoms with Gasteiger partial charge >= 0.3 is 0 Å². The Kier molecular flexibility index (Phi) is 3.91. The molecule has 1 aliphatic heterocycles. The summed E-state index contributed by atoms with van der Waals surface area (Å²) in [6.07, 6.45) is -0.535. The second-order valence-corrected chi connectivity index (χ2v) is 5.77. The van der Waals surface area contributed by atoms with E-state index in [0.717, 1.165) is 33.7 Å². The number of halogens is 1. The molecular formula is C15H17BrN2O3. The number of aliphatic hydroxyl groups excluding tert-OH is 1. The molecule has 0 bridgehead atoms. The molecule has 0 radical (unpaired) electrons. The van der Waals surface area contributed by atoms with Gasteiger partial charge in [0.05, 0.1) is 15.9 Å². The molecule has 1 N–H and O–H groups in total. The number of hydrogen-bond donors (Lipinski definition) is 1. The number of hydrogen-bond acceptors (Lipinski definition) is 4. The van der Waals surface area contributed by atoms with Gasteiger partial charge < -0.3 is 14.6 Å². The fraction of sp³-hybridized carbons (Fsp3) is 0.400. The van der Waals surface area contributed by atoms with Crippen molar-refractivity contribution in [3.05, 3.63) is 39.6 Å². The maximum absolute atomic E-state index is 9.70. The van der Waals surface area contributed by atoms with Gasteiger partial charge in [0, 0.05) is 18.2 Å². The largest absolute Gasteiger partial charge is 0.490 e. The van der Waals surface area contributed by atoms with Crippen LogP contribution in [-0.4, -0.2) is 21.5 Å². The van der Waals surface area contributed by atoms with Crippen LogP contribution in [-0.2, 0) is 13.2 Å². The zero-order chi connectivity index (χ0) is 15.0. The number of aryl methyl sites for hydroxylation is 2. The van der Waals surface area contributed by atoms with Gasteiger partial charge in [0.25, 0.3) is 0 Å².